The summed E-state index contributed by atoms with van der Waals surface area (Å²) in [6.07, 6.45) is 4.21. The SMILES string of the molecule is N#Cc1ncnc(-c2cccnc2)c1F. The number of hydrogen-bond donors (Lipinski definition) is 0. The smallest absolute Gasteiger partial charge is 0.185 e. The molecule has 0 saturated carbocycles. The summed E-state index contributed by atoms with van der Waals surface area (Å²) in [6.45, 7) is 0. The zero-order valence-electron chi connectivity index (χ0n) is 7.55. The van der Waals surface area contributed by atoms with E-state index in [-0.39, 0.29) is 11.4 Å². The van der Waals surface area contributed by atoms with Crippen molar-refractivity contribution in [1.82, 2.24) is 15.0 Å². The van der Waals surface area contributed by atoms with Crippen LogP contribution in [0, 0.1) is 17.1 Å². The highest BCUT2D eigenvalue weighted by Crippen LogP contribution is 2.19. The Bertz CT molecular complexity index is 519. The number of rotatable bonds is 1. The van der Waals surface area contributed by atoms with E-state index in [2.05, 4.69) is 15.0 Å². The van der Waals surface area contributed by atoms with E-state index in [4.69, 9.17) is 5.26 Å². The van der Waals surface area contributed by atoms with E-state index >= 15 is 0 Å². The number of hydrogen-bond acceptors (Lipinski definition) is 4. The minimum Gasteiger partial charge on any atom is -0.264 e. The van der Waals surface area contributed by atoms with Crippen molar-refractivity contribution in [3.05, 3.63) is 42.4 Å². The molecule has 0 unspecified atom stereocenters. The molecule has 0 aliphatic heterocycles. The molecule has 2 aromatic rings. The molecule has 0 N–H and O–H groups in total. The van der Waals surface area contributed by atoms with E-state index < -0.39 is 5.82 Å². The first-order chi connectivity index (χ1) is 7.33. The van der Waals surface area contributed by atoms with Crippen molar-refractivity contribution in [2.45, 2.75) is 0 Å². The van der Waals surface area contributed by atoms with E-state index in [1.807, 2.05) is 0 Å². The van der Waals surface area contributed by atoms with Crippen LogP contribution in [0.5, 0.6) is 0 Å². The minimum absolute atomic E-state index is 0.0923. The predicted octanol–water partition coefficient (Wildman–Crippen LogP) is 1.55. The van der Waals surface area contributed by atoms with Gasteiger partial charge >= 0.3 is 0 Å². The lowest BCUT2D eigenvalue weighted by Gasteiger charge is -2.01. The molecule has 0 saturated heterocycles. The van der Waals surface area contributed by atoms with Crippen molar-refractivity contribution < 1.29 is 4.39 Å². The zero-order chi connectivity index (χ0) is 10.7. The third-order valence-corrected chi connectivity index (χ3v) is 1.83. The van der Waals surface area contributed by atoms with Gasteiger partial charge in [0.2, 0.25) is 0 Å². The molecule has 5 heteroatoms. The summed E-state index contributed by atoms with van der Waals surface area (Å²) >= 11 is 0. The summed E-state index contributed by atoms with van der Waals surface area (Å²) in [5.74, 6) is -0.715. The van der Waals surface area contributed by atoms with Crippen LogP contribution in [0.15, 0.2) is 30.9 Å². The maximum absolute atomic E-state index is 13.6. The fraction of sp³-hybridized carbons (Fsp3) is 0. The molecule has 0 spiro atoms. The molecule has 0 fully saturated rings. The molecule has 0 amide bonds. The minimum atomic E-state index is -0.715. The average Bonchev–Trinajstić information content (AvgIpc) is 2.30. The first-order valence-electron chi connectivity index (χ1n) is 4.14. The maximum atomic E-state index is 13.6. The van der Waals surface area contributed by atoms with Gasteiger partial charge in [-0.1, -0.05) is 0 Å². The van der Waals surface area contributed by atoms with Gasteiger partial charge in [-0.2, -0.15) is 5.26 Å². The van der Waals surface area contributed by atoms with Gasteiger partial charge in [-0.25, -0.2) is 14.4 Å². The summed E-state index contributed by atoms with van der Waals surface area (Å²) in [5.41, 5.74) is 0.354. The molecule has 0 aliphatic carbocycles. The van der Waals surface area contributed by atoms with Gasteiger partial charge in [-0.15, -0.1) is 0 Å². The van der Waals surface area contributed by atoms with Crippen molar-refractivity contribution in [3.63, 3.8) is 0 Å². The van der Waals surface area contributed by atoms with Gasteiger partial charge in [0, 0.05) is 18.0 Å². The summed E-state index contributed by atoms with van der Waals surface area (Å²) < 4.78 is 13.6. The Labute approximate surface area is 85.1 Å². The number of nitriles is 1. The van der Waals surface area contributed by atoms with Crippen LogP contribution in [-0.2, 0) is 0 Å². The lowest BCUT2D eigenvalue weighted by molar-refractivity contribution is 0.613. The molecule has 72 valence electrons. The topological polar surface area (TPSA) is 62.5 Å². The molecule has 4 nitrogen and oxygen atoms in total. The van der Waals surface area contributed by atoms with Crippen LogP contribution >= 0.6 is 0 Å². The van der Waals surface area contributed by atoms with Gasteiger partial charge in [0.05, 0.1) is 0 Å². The standard InChI is InChI=1S/C10H5FN4/c11-9-8(4-12)14-6-15-10(9)7-2-1-3-13-5-7/h1-3,5-6H. The van der Waals surface area contributed by atoms with Gasteiger partial charge in [-0.05, 0) is 12.1 Å². The Kier molecular flexibility index (Phi) is 2.33. The average molecular weight is 200 g/mol. The second-order valence-corrected chi connectivity index (χ2v) is 2.74. The van der Waals surface area contributed by atoms with E-state index in [0.29, 0.717) is 5.56 Å². The van der Waals surface area contributed by atoms with Crippen molar-refractivity contribution in [2.24, 2.45) is 0 Å². The molecular weight excluding hydrogens is 195 g/mol. The van der Waals surface area contributed by atoms with Crippen LogP contribution in [-0.4, -0.2) is 15.0 Å². The molecule has 2 rings (SSSR count). The highest BCUT2D eigenvalue weighted by molar-refractivity contribution is 5.59. The van der Waals surface area contributed by atoms with Crippen molar-refractivity contribution in [1.29, 1.82) is 5.26 Å². The van der Waals surface area contributed by atoms with Gasteiger partial charge in [0.25, 0.3) is 0 Å². The van der Waals surface area contributed by atoms with Crippen LogP contribution < -0.4 is 0 Å². The first kappa shape index (κ1) is 9.21. The number of pyridine rings is 1. The van der Waals surface area contributed by atoms with E-state index in [0.717, 1.165) is 6.33 Å². The molecule has 0 radical (unpaired) electrons. The van der Waals surface area contributed by atoms with Gasteiger partial charge in [-0.3, -0.25) is 4.98 Å². The van der Waals surface area contributed by atoms with Crippen LogP contribution in [0.25, 0.3) is 11.3 Å². The monoisotopic (exact) mass is 200 g/mol. The largest absolute Gasteiger partial charge is 0.264 e. The second kappa shape index (κ2) is 3.80. The lowest BCUT2D eigenvalue weighted by Crippen LogP contribution is -1.96. The van der Waals surface area contributed by atoms with Crippen LogP contribution in [0.2, 0.25) is 0 Å². The fourth-order valence-corrected chi connectivity index (χ4v) is 1.15. The van der Waals surface area contributed by atoms with Gasteiger partial charge in [0.1, 0.15) is 18.1 Å². The van der Waals surface area contributed by atoms with Gasteiger partial charge < -0.3 is 0 Å². The molecule has 0 aromatic carbocycles. The fourth-order valence-electron chi connectivity index (χ4n) is 1.15. The Balaban J connectivity index is 2.61. The van der Waals surface area contributed by atoms with Gasteiger partial charge in [0.15, 0.2) is 11.5 Å². The summed E-state index contributed by atoms with van der Waals surface area (Å²) in [6, 6.07) is 4.99. The van der Waals surface area contributed by atoms with E-state index in [9.17, 15) is 4.39 Å². The molecule has 2 aromatic heterocycles. The third kappa shape index (κ3) is 1.65. The van der Waals surface area contributed by atoms with Crippen molar-refractivity contribution in [3.8, 4) is 17.3 Å². The van der Waals surface area contributed by atoms with E-state index in [1.165, 1.54) is 6.20 Å². The Morgan fingerprint density at radius 3 is 2.87 bits per heavy atom. The van der Waals surface area contributed by atoms with E-state index in [1.54, 1.807) is 24.4 Å². The third-order valence-electron chi connectivity index (χ3n) is 1.83. The molecule has 15 heavy (non-hydrogen) atoms. The molecule has 0 atom stereocenters. The normalized spacial score (nSPS) is 9.60. The molecule has 0 bridgehead atoms. The Hall–Kier alpha value is -2.35. The lowest BCUT2D eigenvalue weighted by atomic mass is 10.2. The van der Waals surface area contributed by atoms with Crippen molar-refractivity contribution >= 4 is 0 Å². The van der Waals surface area contributed by atoms with Crippen LogP contribution in [0.3, 0.4) is 0 Å². The maximum Gasteiger partial charge on any atom is 0.185 e. The summed E-state index contributed by atoms with van der Waals surface area (Å²) in [4.78, 5) is 11.1. The quantitative estimate of drug-likeness (QED) is 0.700. The second-order valence-electron chi connectivity index (χ2n) is 2.74. The predicted molar refractivity (Wildman–Crippen MR) is 49.9 cm³/mol. The molecular formula is C10H5FN4. The van der Waals surface area contributed by atoms with Crippen LogP contribution in [0.4, 0.5) is 4.39 Å². The number of aromatic nitrogens is 3. The highest BCUT2D eigenvalue weighted by Gasteiger charge is 2.11. The number of halogens is 1. The zero-order valence-corrected chi connectivity index (χ0v) is 7.55. The Morgan fingerprint density at radius 2 is 2.20 bits per heavy atom. The molecule has 0 aliphatic rings. The summed E-state index contributed by atoms with van der Waals surface area (Å²) in [7, 11) is 0. The molecule has 2 heterocycles. The van der Waals surface area contributed by atoms with Crippen LogP contribution in [0.1, 0.15) is 5.69 Å². The highest BCUT2D eigenvalue weighted by atomic mass is 19.1. The van der Waals surface area contributed by atoms with Crippen molar-refractivity contribution in [2.75, 3.05) is 0 Å². The first-order valence-corrected chi connectivity index (χ1v) is 4.14. The number of nitrogens with zero attached hydrogens (tertiary/aromatic N) is 4. The Morgan fingerprint density at radius 1 is 1.33 bits per heavy atom. The summed E-state index contributed by atoms with van der Waals surface area (Å²) in [5, 5.41) is 8.59.